The van der Waals surface area contributed by atoms with Gasteiger partial charge in [-0.05, 0) is 24.3 Å². The molecule has 28 heavy (non-hydrogen) atoms. The van der Waals surface area contributed by atoms with Gasteiger partial charge in [0.05, 0.1) is 43.9 Å². The molecular formula is C20H14Cl4N4. The number of para-hydroxylation sites is 2. The molecule has 0 bridgehead atoms. The van der Waals surface area contributed by atoms with Crippen LogP contribution in [0.3, 0.4) is 0 Å². The van der Waals surface area contributed by atoms with Crippen LogP contribution in [0.15, 0.2) is 70.9 Å². The molecule has 0 spiro atoms. The quantitative estimate of drug-likeness (QED) is 0.236. The normalized spacial score (nSPS) is 11.3. The molecule has 0 saturated heterocycles. The molecule has 8 heteroatoms. The molecule has 2 N–H and O–H groups in total. The fourth-order valence-electron chi connectivity index (χ4n) is 2.26. The van der Waals surface area contributed by atoms with Crippen LogP contribution in [-0.2, 0) is 0 Å². The second-order valence-electron chi connectivity index (χ2n) is 5.56. The van der Waals surface area contributed by atoms with Crippen LogP contribution in [0.25, 0.3) is 0 Å². The van der Waals surface area contributed by atoms with Crippen molar-refractivity contribution in [1.82, 2.24) is 0 Å². The first-order valence-electron chi connectivity index (χ1n) is 8.12. The number of hydrogen-bond acceptors (Lipinski definition) is 4. The van der Waals surface area contributed by atoms with Crippen LogP contribution in [0.5, 0.6) is 0 Å². The summed E-state index contributed by atoms with van der Waals surface area (Å²) in [6, 6.07) is 18.9. The molecule has 0 unspecified atom stereocenters. The minimum Gasteiger partial charge on any atom is -0.279 e. The van der Waals surface area contributed by atoms with E-state index in [-0.39, 0.29) is 20.1 Å². The van der Waals surface area contributed by atoms with Crippen molar-refractivity contribution >= 4 is 70.2 Å². The molecule has 0 fully saturated rings. The predicted molar refractivity (Wildman–Crippen MR) is 122 cm³/mol. The summed E-state index contributed by atoms with van der Waals surface area (Å²) in [7, 11) is 0. The van der Waals surface area contributed by atoms with Crippen molar-refractivity contribution in [3.05, 3.63) is 91.9 Å². The molecule has 3 aromatic rings. The molecule has 4 nitrogen and oxygen atoms in total. The second-order valence-corrected chi connectivity index (χ2v) is 7.07. The van der Waals surface area contributed by atoms with Gasteiger partial charge in [0.15, 0.2) is 0 Å². The first-order chi connectivity index (χ1) is 13.6. The lowest BCUT2D eigenvalue weighted by molar-refractivity contribution is 1.34. The van der Waals surface area contributed by atoms with Gasteiger partial charge in [-0.2, -0.15) is 10.2 Å². The number of hydrogen-bond donors (Lipinski definition) is 2. The zero-order valence-corrected chi connectivity index (χ0v) is 17.4. The summed E-state index contributed by atoms with van der Waals surface area (Å²) in [6.07, 6.45) is 2.94. The Morgan fingerprint density at radius 3 is 1.18 bits per heavy atom. The summed E-state index contributed by atoms with van der Waals surface area (Å²) in [4.78, 5) is 0. The molecule has 0 heterocycles. The highest BCUT2D eigenvalue weighted by molar-refractivity contribution is 6.51. The topological polar surface area (TPSA) is 48.8 Å². The van der Waals surface area contributed by atoms with Crippen LogP contribution in [0, 0.1) is 0 Å². The van der Waals surface area contributed by atoms with Gasteiger partial charge in [0.2, 0.25) is 0 Å². The van der Waals surface area contributed by atoms with Gasteiger partial charge in [0, 0.05) is 11.1 Å². The number of halogens is 4. The maximum Gasteiger partial charge on any atom is 0.0703 e. The van der Waals surface area contributed by atoms with Gasteiger partial charge in [0.25, 0.3) is 0 Å². The molecule has 0 aliphatic carbocycles. The standard InChI is InChI=1S/C20H14Cl4N4/c21-17-15(11-25-27-13-7-3-1-4-8-13)18(22)20(24)16(19(17)23)12-26-28-14-9-5-2-6-10-14/h1-12,27-28H/b25-11+,26-12?. The molecule has 0 radical (unpaired) electrons. The Hall–Kier alpha value is -2.24. The van der Waals surface area contributed by atoms with E-state index < -0.39 is 0 Å². The third-order valence-corrected chi connectivity index (χ3v) is 5.42. The first kappa shape index (κ1) is 20.5. The fraction of sp³-hybridized carbons (Fsp3) is 0. The number of nitrogens with one attached hydrogen (secondary N) is 2. The van der Waals surface area contributed by atoms with Crippen LogP contribution in [0.2, 0.25) is 20.1 Å². The van der Waals surface area contributed by atoms with Gasteiger partial charge in [0.1, 0.15) is 0 Å². The average Bonchev–Trinajstić information content (AvgIpc) is 2.73. The smallest absolute Gasteiger partial charge is 0.0703 e. The third-order valence-electron chi connectivity index (χ3n) is 3.65. The lowest BCUT2D eigenvalue weighted by Gasteiger charge is -2.11. The Kier molecular flexibility index (Phi) is 7.18. The van der Waals surface area contributed by atoms with E-state index in [2.05, 4.69) is 21.1 Å². The summed E-state index contributed by atoms with van der Waals surface area (Å²) in [6.45, 7) is 0. The number of nitrogens with zero attached hydrogens (tertiary/aromatic N) is 2. The van der Waals surface area contributed by atoms with E-state index in [4.69, 9.17) is 46.4 Å². The number of hydrazone groups is 2. The average molecular weight is 452 g/mol. The first-order valence-corrected chi connectivity index (χ1v) is 9.63. The van der Waals surface area contributed by atoms with Crippen molar-refractivity contribution in [2.75, 3.05) is 10.9 Å². The molecule has 0 amide bonds. The minimum atomic E-state index is 0.232. The van der Waals surface area contributed by atoms with E-state index in [1.165, 1.54) is 12.4 Å². The molecule has 0 aromatic heterocycles. The summed E-state index contributed by atoms with van der Waals surface area (Å²) in [5, 5.41) is 9.21. The summed E-state index contributed by atoms with van der Waals surface area (Å²) >= 11 is 25.5. The van der Waals surface area contributed by atoms with Crippen molar-refractivity contribution in [3.63, 3.8) is 0 Å². The highest BCUT2D eigenvalue weighted by Gasteiger charge is 2.18. The maximum atomic E-state index is 6.38. The van der Waals surface area contributed by atoms with Crippen molar-refractivity contribution in [2.24, 2.45) is 10.2 Å². The SMILES string of the molecule is Clc1c(Cl)c(/C=N/Nc2ccccc2)c(Cl)c(Cl)c1C=NNc1ccccc1. The van der Waals surface area contributed by atoms with Gasteiger partial charge in [-0.25, -0.2) is 0 Å². The Labute approximate surface area is 182 Å². The Bertz CT molecular complexity index is 894. The minimum absolute atomic E-state index is 0.232. The van der Waals surface area contributed by atoms with E-state index in [0.29, 0.717) is 11.1 Å². The Morgan fingerprint density at radius 1 is 0.536 bits per heavy atom. The van der Waals surface area contributed by atoms with Gasteiger partial charge in [-0.15, -0.1) is 0 Å². The van der Waals surface area contributed by atoms with Crippen LogP contribution in [0.1, 0.15) is 11.1 Å². The van der Waals surface area contributed by atoms with Gasteiger partial charge in [-0.3, -0.25) is 10.9 Å². The van der Waals surface area contributed by atoms with Crippen LogP contribution in [0.4, 0.5) is 11.4 Å². The molecule has 0 saturated carbocycles. The van der Waals surface area contributed by atoms with Crippen LogP contribution in [-0.4, -0.2) is 12.4 Å². The molecule has 142 valence electrons. The predicted octanol–water partition coefficient (Wildman–Crippen LogP) is 7.19. The van der Waals surface area contributed by atoms with Crippen molar-refractivity contribution in [3.8, 4) is 0 Å². The number of rotatable bonds is 6. The van der Waals surface area contributed by atoms with Crippen molar-refractivity contribution < 1.29 is 0 Å². The zero-order chi connectivity index (χ0) is 19.9. The highest BCUT2D eigenvalue weighted by Crippen LogP contribution is 2.39. The molecule has 3 aromatic carbocycles. The van der Waals surface area contributed by atoms with E-state index in [1.807, 2.05) is 60.7 Å². The van der Waals surface area contributed by atoms with Gasteiger partial charge < -0.3 is 0 Å². The molecule has 0 aliphatic rings. The van der Waals surface area contributed by atoms with Gasteiger partial charge in [-0.1, -0.05) is 82.8 Å². The van der Waals surface area contributed by atoms with Gasteiger partial charge >= 0.3 is 0 Å². The number of benzene rings is 3. The van der Waals surface area contributed by atoms with E-state index in [1.54, 1.807) is 0 Å². The molecular weight excluding hydrogens is 438 g/mol. The maximum absolute atomic E-state index is 6.38. The zero-order valence-electron chi connectivity index (χ0n) is 14.3. The van der Waals surface area contributed by atoms with E-state index >= 15 is 0 Å². The van der Waals surface area contributed by atoms with Crippen LogP contribution < -0.4 is 10.9 Å². The molecule has 0 atom stereocenters. The molecule has 0 aliphatic heterocycles. The number of anilines is 2. The highest BCUT2D eigenvalue weighted by atomic mass is 35.5. The Morgan fingerprint density at radius 2 is 0.857 bits per heavy atom. The van der Waals surface area contributed by atoms with Crippen LogP contribution >= 0.6 is 46.4 Å². The summed E-state index contributed by atoms with van der Waals surface area (Å²) < 4.78 is 0. The lowest BCUT2D eigenvalue weighted by Crippen LogP contribution is -1.98. The summed E-state index contributed by atoms with van der Waals surface area (Å²) in [5.74, 6) is 0. The van der Waals surface area contributed by atoms with E-state index in [9.17, 15) is 0 Å². The third kappa shape index (κ3) is 4.97. The Balaban J connectivity index is 1.82. The van der Waals surface area contributed by atoms with E-state index in [0.717, 1.165) is 11.4 Å². The second kappa shape index (κ2) is 9.80. The molecule has 3 rings (SSSR count). The monoisotopic (exact) mass is 450 g/mol. The largest absolute Gasteiger partial charge is 0.279 e. The fourth-order valence-corrected chi connectivity index (χ4v) is 3.34. The summed E-state index contributed by atoms with van der Waals surface area (Å²) in [5.41, 5.74) is 8.23. The lowest BCUT2D eigenvalue weighted by atomic mass is 10.1. The van der Waals surface area contributed by atoms with Crippen molar-refractivity contribution in [1.29, 1.82) is 0 Å². The van der Waals surface area contributed by atoms with Crippen molar-refractivity contribution in [2.45, 2.75) is 0 Å².